The molecule has 1 spiro atoms. The summed E-state index contributed by atoms with van der Waals surface area (Å²) in [6, 6.07) is 0. The van der Waals surface area contributed by atoms with Gasteiger partial charge in [0.2, 0.25) is 0 Å². The van der Waals surface area contributed by atoms with E-state index in [-0.39, 0.29) is 33.7 Å². The quantitative estimate of drug-likeness (QED) is 0.369. The minimum atomic E-state index is -1.86. The molecular formula is C28H46O5Si. The normalized spacial score (nSPS) is 58.7. The molecular weight excluding hydrogens is 444 g/mol. The van der Waals surface area contributed by atoms with Gasteiger partial charge in [-0.3, -0.25) is 0 Å². The van der Waals surface area contributed by atoms with Gasteiger partial charge < -0.3 is 23.4 Å². The summed E-state index contributed by atoms with van der Waals surface area (Å²) in [5.41, 5.74) is 0.169. The number of epoxide rings is 2. The first-order valence-corrected chi connectivity index (χ1v) is 16.9. The second kappa shape index (κ2) is 6.35. The predicted molar refractivity (Wildman–Crippen MR) is 132 cm³/mol. The lowest BCUT2D eigenvalue weighted by Gasteiger charge is -2.60. The number of rotatable bonds is 2. The van der Waals surface area contributed by atoms with Crippen molar-refractivity contribution in [2.45, 2.75) is 147 Å². The van der Waals surface area contributed by atoms with E-state index in [1.54, 1.807) is 0 Å². The van der Waals surface area contributed by atoms with Gasteiger partial charge in [0, 0.05) is 17.3 Å². The van der Waals surface area contributed by atoms with Gasteiger partial charge in [-0.25, -0.2) is 0 Å². The van der Waals surface area contributed by atoms with E-state index in [1.165, 1.54) is 25.7 Å². The molecule has 0 N–H and O–H groups in total. The highest BCUT2D eigenvalue weighted by Crippen LogP contribution is 2.78. The van der Waals surface area contributed by atoms with Crippen LogP contribution in [0.5, 0.6) is 0 Å². The van der Waals surface area contributed by atoms with Crippen molar-refractivity contribution >= 4 is 8.32 Å². The van der Waals surface area contributed by atoms with Crippen molar-refractivity contribution in [1.82, 2.24) is 0 Å². The molecule has 3 aliphatic heterocycles. The van der Waals surface area contributed by atoms with Crippen LogP contribution in [0.1, 0.15) is 80.6 Å². The van der Waals surface area contributed by atoms with Crippen LogP contribution >= 0.6 is 0 Å². The summed E-state index contributed by atoms with van der Waals surface area (Å²) >= 11 is 0. The van der Waals surface area contributed by atoms with Crippen LogP contribution in [0, 0.1) is 28.6 Å². The van der Waals surface area contributed by atoms with Crippen molar-refractivity contribution in [2.24, 2.45) is 28.6 Å². The van der Waals surface area contributed by atoms with Crippen LogP contribution in [0.3, 0.4) is 0 Å². The molecule has 6 heteroatoms. The number of hydrogen-bond donors (Lipinski definition) is 0. The molecule has 12 atom stereocenters. The number of ether oxygens (including phenoxy) is 4. The topological polar surface area (TPSA) is 52.8 Å². The second-order valence-corrected chi connectivity index (χ2v) is 20.1. The van der Waals surface area contributed by atoms with Gasteiger partial charge in [0.05, 0.1) is 36.6 Å². The smallest absolute Gasteiger partial charge is 0.192 e. The zero-order valence-electron chi connectivity index (χ0n) is 22.8. The van der Waals surface area contributed by atoms with Gasteiger partial charge in [0.25, 0.3) is 0 Å². The van der Waals surface area contributed by atoms with Crippen molar-refractivity contribution in [3.63, 3.8) is 0 Å². The molecule has 0 radical (unpaired) electrons. The average molecular weight is 491 g/mol. The van der Waals surface area contributed by atoms with E-state index in [0.29, 0.717) is 42.2 Å². The summed E-state index contributed by atoms with van der Waals surface area (Å²) in [6.07, 6.45) is 7.48. The number of fused-ring (bicyclic) bond motifs is 8. The zero-order chi connectivity index (χ0) is 24.3. The average Bonchev–Trinajstić information content (AvgIpc) is 3.57. The fourth-order valence-corrected chi connectivity index (χ4v) is 11.1. The van der Waals surface area contributed by atoms with Gasteiger partial charge in [-0.05, 0) is 75.4 Å². The maximum atomic E-state index is 7.18. The molecule has 4 aliphatic carbocycles. The Morgan fingerprint density at radius 1 is 0.853 bits per heavy atom. The molecule has 0 amide bonds. The Labute approximate surface area is 207 Å². The highest BCUT2D eigenvalue weighted by atomic mass is 28.4. The first kappa shape index (κ1) is 23.2. The van der Waals surface area contributed by atoms with Crippen molar-refractivity contribution in [2.75, 3.05) is 0 Å². The Bertz CT molecular complexity index is 913. The van der Waals surface area contributed by atoms with Crippen LogP contribution in [0.25, 0.3) is 0 Å². The minimum Gasteiger partial charge on any atom is -0.413 e. The van der Waals surface area contributed by atoms with Crippen LogP contribution < -0.4 is 0 Å². The Hall–Kier alpha value is 0.0169. The zero-order valence-corrected chi connectivity index (χ0v) is 23.8. The number of hydrogen-bond acceptors (Lipinski definition) is 5. The van der Waals surface area contributed by atoms with E-state index < -0.39 is 14.1 Å². The summed E-state index contributed by atoms with van der Waals surface area (Å²) in [4.78, 5) is 0. The third-order valence-corrected chi connectivity index (χ3v) is 16.8. The van der Waals surface area contributed by atoms with Crippen molar-refractivity contribution < 1.29 is 23.4 Å². The van der Waals surface area contributed by atoms with Gasteiger partial charge in [0.15, 0.2) is 14.1 Å². The van der Waals surface area contributed by atoms with Crippen LogP contribution in [0.15, 0.2) is 0 Å². The minimum absolute atomic E-state index is 0.0738. The van der Waals surface area contributed by atoms with E-state index in [4.69, 9.17) is 23.4 Å². The first-order valence-electron chi connectivity index (χ1n) is 14.0. The molecule has 4 saturated carbocycles. The van der Waals surface area contributed by atoms with E-state index in [0.717, 1.165) is 6.42 Å². The Morgan fingerprint density at radius 2 is 1.53 bits per heavy atom. The third-order valence-electron chi connectivity index (χ3n) is 12.3. The lowest BCUT2D eigenvalue weighted by Crippen LogP contribution is -2.69. The Kier molecular flexibility index (Phi) is 4.32. The van der Waals surface area contributed by atoms with E-state index in [2.05, 4.69) is 61.6 Å². The predicted octanol–water partition coefficient (Wildman–Crippen LogP) is 5.67. The van der Waals surface area contributed by atoms with Gasteiger partial charge in [-0.2, -0.15) is 0 Å². The van der Waals surface area contributed by atoms with Crippen molar-refractivity contribution in [3.8, 4) is 0 Å². The lowest BCUT2D eigenvalue weighted by atomic mass is 9.43. The van der Waals surface area contributed by atoms with Crippen LogP contribution in [-0.2, 0) is 23.4 Å². The molecule has 34 heavy (non-hydrogen) atoms. The Balaban J connectivity index is 1.28. The molecule has 0 bridgehead atoms. The van der Waals surface area contributed by atoms with Gasteiger partial charge in [-0.15, -0.1) is 0 Å². The standard InChI is InChI=1S/C28H46O5Si/c1-24(2,3)34(8,9)33-17-11-10-15-19-22-23(32-25(4,5)31-22)20-21-16(29-21)12-13-27(20,7)28(19)18(30-28)14-26(15,17)6/h15-23H,10-14H2,1-9H3/t15?,16?,17?,18?,19?,20?,21?,22?,23?,26-,27-,28?/m0/s1. The second-order valence-electron chi connectivity index (χ2n) is 15.4. The van der Waals surface area contributed by atoms with Gasteiger partial charge >= 0.3 is 0 Å². The van der Waals surface area contributed by atoms with Gasteiger partial charge in [-0.1, -0.05) is 34.6 Å². The molecule has 192 valence electrons. The highest BCUT2D eigenvalue weighted by Gasteiger charge is 2.86. The van der Waals surface area contributed by atoms with Crippen molar-refractivity contribution in [3.05, 3.63) is 0 Å². The molecule has 5 nitrogen and oxygen atoms in total. The molecule has 0 aromatic carbocycles. The fourth-order valence-electron chi connectivity index (χ4n) is 9.62. The van der Waals surface area contributed by atoms with Gasteiger partial charge in [0.1, 0.15) is 5.60 Å². The molecule has 3 heterocycles. The summed E-state index contributed by atoms with van der Waals surface area (Å²) < 4.78 is 34.0. The molecule has 7 fully saturated rings. The first-order chi connectivity index (χ1) is 15.6. The monoisotopic (exact) mass is 490 g/mol. The van der Waals surface area contributed by atoms with Crippen LogP contribution in [0.4, 0.5) is 0 Å². The molecule has 3 saturated heterocycles. The van der Waals surface area contributed by atoms with E-state index >= 15 is 0 Å². The highest BCUT2D eigenvalue weighted by molar-refractivity contribution is 6.74. The maximum Gasteiger partial charge on any atom is 0.192 e. The summed E-state index contributed by atoms with van der Waals surface area (Å²) in [7, 11) is -1.86. The third kappa shape index (κ3) is 2.64. The fraction of sp³-hybridized carbons (Fsp3) is 1.00. The van der Waals surface area contributed by atoms with Crippen LogP contribution in [0.2, 0.25) is 18.1 Å². The molecule has 7 aliphatic rings. The lowest BCUT2D eigenvalue weighted by molar-refractivity contribution is -0.173. The molecule has 0 aromatic rings. The van der Waals surface area contributed by atoms with E-state index in [1.807, 2.05) is 0 Å². The summed E-state index contributed by atoms with van der Waals surface area (Å²) in [5.74, 6) is 0.774. The van der Waals surface area contributed by atoms with E-state index in [9.17, 15) is 0 Å². The van der Waals surface area contributed by atoms with Crippen LogP contribution in [-0.4, -0.2) is 56.3 Å². The molecule has 0 aromatic heterocycles. The molecule has 10 unspecified atom stereocenters. The maximum absolute atomic E-state index is 7.18. The summed E-state index contributed by atoms with van der Waals surface area (Å²) in [5, 5.41) is 0.224. The SMILES string of the molecule is CC1(C)OC2C(O1)C1C3OC3CC[C@]1(C)C13OC1C[C@]1(C)C(O[Si](C)(C)C(C)(C)C)CCC1C23. The Morgan fingerprint density at radius 3 is 2.21 bits per heavy atom. The van der Waals surface area contributed by atoms with Crippen molar-refractivity contribution in [1.29, 1.82) is 0 Å². The summed E-state index contributed by atoms with van der Waals surface area (Å²) in [6.45, 7) is 21.2. The largest absolute Gasteiger partial charge is 0.413 e. The molecule has 7 rings (SSSR count).